The second kappa shape index (κ2) is 8.41. The summed E-state index contributed by atoms with van der Waals surface area (Å²) in [6.45, 7) is 0. The maximum absolute atomic E-state index is 12.9. The fraction of sp³-hybridized carbons (Fsp3) is 0. The molecule has 1 aliphatic heterocycles. The average molecular weight is 502 g/mol. The summed E-state index contributed by atoms with van der Waals surface area (Å²) < 4.78 is 76.1. The van der Waals surface area contributed by atoms with Crippen molar-refractivity contribution in [2.24, 2.45) is 4.99 Å². The molecule has 32 heavy (non-hydrogen) atoms. The van der Waals surface area contributed by atoms with E-state index in [0.29, 0.717) is 4.73 Å². The molecule has 0 bridgehead atoms. The Bertz CT molecular complexity index is 1380. The highest BCUT2D eigenvalue weighted by Crippen LogP contribution is 2.45. The van der Waals surface area contributed by atoms with Crippen LogP contribution >= 0.6 is 0 Å². The molecule has 0 spiro atoms. The Morgan fingerprint density at radius 2 is 1.59 bits per heavy atom. The molecule has 0 radical (unpaired) electrons. The lowest BCUT2D eigenvalue weighted by atomic mass is 10.1. The van der Waals surface area contributed by atoms with Crippen molar-refractivity contribution in [2.75, 3.05) is 0 Å². The fourth-order valence-corrected chi connectivity index (χ4v) is 4.03. The minimum absolute atomic E-state index is 0.191. The number of fused-ring (bicyclic) bond motifs is 2. The third kappa shape index (κ3) is 3.78. The number of hydrogen-bond acceptors (Lipinski definition) is 9. The van der Waals surface area contributed by atoms with E-state index < -0.39 is 68.2 Å². The molecule has 1 aromatic heterocycles. The van der Waals surface area contributed by atoms with Gasteiger partial charge in [0.05, 0.1) is 16.6 Å². The van der Waals surface area contributed by atoms with Crippen LogP contribution in [0.3, 0.4) is 0 Å². The quantitative estimate of drug-likeness (QED) is 0.340. The van der Waals surface area contributed by atoms with Crippen molar-refractivity contribution in [3.05, 3.63) is 47.7 Å². The molecule has 16 heteroatoms. The van der Waals surface area contributed by atoms with Crippen molar-refractivity contribution in [3.63, 3.8) is 0 Å². The Morgan fingerprint density at radius 3 is 2.22 bits per heavy atom. The van der Waals surface area contributed by atoms with Gasteiger partial charge in [-0.05, 0) is 24.3 Å². The van der Waals surface area contributed by atoms with Crippen LogP contribution in [0.1, 0.15) is 16.1 Å². The normalized spacial score (nSPS) is 15.7. The number of aromatic nitrogens is 1. The summed E-state index contributed by atoms with van der Waals surface area (Å²) in [5.74, 6) is -2.67. The van der Waals surface area contributed by atoms with Crippen LogP contribution in [0.5, 0.6) is 17.2 Å². The van der Waals surface area contributed by atoms with Crippen molar-refractivity contribution in [2.45, 2.75) is 0 Å². The van der Waals surface area contributed by atoms with Crippen molar-refractivity contribution < 1.29 is 48.8 Å². The minimum atomic E-state index is -2.98. The predicted molar refractivity (Wildman–Crippen MR) is 111 cm³/mol. The van der Waals surface area contributed by atoms with Crippen molar-refractivity contribution in [1.29, 1.82) is 0 Å². The zero-order valence-electron chi connectivity index (χ0n) is 15.2. The van der Waals surface area contributed by atoms with Gasteiger partial charge in [0.1, 0.15) is 5.71 Å². The van der Waals surface area contributed by atoms with Crippen LogP contribution in [0.15, 0.2) is 41.4 Å². The molecule has 168 valence electrons. The zero-order chi connectivity index (χ0) is 23.2. The highest BCUT2D eigenvalue weighted by atomic mass is 32.2. The second-order valence-electron chi connectivity index (χ2n) is 5.98. The van der Waals surface area contributed by atoms with E-state index in [-0.39, 0.29) is 22.5 Å². The van der Waals surface area contributed by atoms with Gasteiger partial charge in [-0.3, -0.25) is 22.7 Å². The lowest BCUT2D eigenvalue weighted by Crippen LogP contribution is -2.22. The predicted octanol–water partition coefficient (Wildman–Crippen LogP) is 1.26. The van der Waals surface area contributed by atoms with Crippen LogP contribution in [0, 0.1) is 0 Å². The third-order valence-corrected chi connectivity index (χ3v) is 5.16. The Hall–Kier alpha value is -3.15. The number of hydrogen-bond donors (Lipinski definition) is 4. The molecule has 3 aromatic rings. The first kappa shape index (κ1) is 22.1. The van der Waals surface area contributed by atoms with Crippen molar-refractivity contribution in [3.8, 4) is 17.2 Å². The summed E-state index contributed by atoms with van der Waals surface area (Å²) in [7, 11) is 0. The van der Waals surface area contributed by atoms with Crippen LogP contribution in [-0.4, -0.2) is 47.6 Å². The van der Waals surface area contributed by atoms with Crippen molar-refractivity contribution in [1.82, 2.24) is 4.73 Å². The molecule has 0 aliphatic carbocycles. The lowest BCUT2D eigenvalue weighted by Gasteiger charge is -2.09. The van der Waals surface area contributed by atoms with Crippen LogP contribution in [0.25, 0.3) is 10.9 Å². The van der Waals surface area contributed by atoms with Crippen molar-refractivity contribution >= 4 is 62.2 Å². The van der Waals surface area contributed by atoms with E-state index >= 15 is 0 Å². The first-order valence-corrected chi connectivity index (χ1v) is 11.3. The van der Waals surface area contributed by atoms with Gasteiger partial charge in [0.2, 0.25) is 5.78 Å². The van der Waals surface area contributed by atoms with Crippen LogP contribution < -0.4 is 12.6 Å². The van der Waals surface area contributed by atoms with E-state index in [1.807, 2.05) is 0 Å². The van der Waals surface area contributed by atoms with E-state index in [9.17, 15) is 31.6 Å². The average Bonchev–Trinajstić information content (AvgIpc) is 3.17. The number of aliphatic imine (C=N–C) groups is 1. The van der Waals surface area contributed by atoms with Gasteiger partial charge < -0.3 is 13.5 Å². The van der Waals surface area contributed by atoms with Gasteiger partial charge in [0.25, 0.3) is 0 Å². The molecular formula is C16H10N2O11S3. The third-order valence-electron chi connectivity index (χ3n) is 4.26. The number of ketones is 1. The lowest BCUT2D eigenvalue weighted by molar-refractivity contribution is 0.106. The summed E-state index contributed by atoms with van der Waals surface area (Å²) in [6, 6.07) is 8.35. The molecule has 3 atom stereocenters. The van der Waals surface area contributed by atoms with Gasteiger partial charge in [-0.1, -0.05) is 12.1 Å². The van der Waals surface area contributed by atoms with Crippen LogP contribution in [-0.2, 0) is 34.1 Å². The van der Waals surface area contributed by atoms with Gasteiger partial charge in [-0.25, -0.2) is 4.99 Å². The number of aromatic hydroxyl groups is 1. The Morgan fingerprint density at radius 1 is 0.906 bits per heavy atom. The topological polar surface area (TPSA) is 194 Å². The van der Waals surface area contributed by atoms with Crippen LogP contribution in [0.4, 0.5) is 5.69 Å². The smallest absolute Gasteiger partial charge is 0.377 e. The number of Topliss-reactive ketones (excluding diaryl/α,β-unsaturated/α-hetero) is 1. The monoisotopic (exact) mass is 502 g/mol. The first-order valence-electron chi connectivity index (χ1n) is 8.20. The molecule has 3 unspecified atom stereocenters. The molecule has 0 saturated carbocycles. The standard InChI is InChI=1S/C16H10N2O11S3/c19-14-7-3-1-2-4-8(7)17-12(14)13-15(20)11-9(18(13)29-32(25)26)5-6-10(27-30(21)22)16(11)28-31(23)24/h1-6,20H,(H,21,22)(H,23,24)(H,25,26). The number of carbonyl (C=O) groups excluding carboxylic acids is 1. The molecule has 2 heterocycles. The zero-order valence-corrected chi connectivity index (χ0v) is 17.7. The molecule has 4 rings (SSSR count). The van der Waals surface area contributed by atoms with Gasteiger partial charge in [0, 0.05) is 5.56 Å². The SMILES string of the molecule is O=C1C(c2c(O)c3c(OS(=O)O)c(OS(=O)O)ccc3n2OS(=O)O)=Nc2ccccc21. The number of carbonyl (C=O) groups is 1. The summed E-state index contributed by atoms with van der Waals surface area (Å²) in [5.41, 5.74) is -0.602. The molecule has 0 saturated heterocycles. The number of para-hydroxylation sites is 1. The molecule has 0 amide bonds. The maximum atomic E-state index is 12.9. The number of benzene rings is 2. The molecule has 1 aliphatic rings. The Balaban J connectivity index is 2.04. The first-order chi connectivity index (χ1) is 15.2. The fourth-order valence-electron chi connectivity index (χ4n) is 3.15. The van der Waals surface area contributed by atoms with Gasteiger partial charge >= 0.3 is 34.1 Å². The van der Waals surface area contributed by atoms with E-state index in [0.717, 1.165) is 12.1 Å². The van der Waals surface area contributed by atoms with E-state index in [2.05, 4.69) is 9.18 Å². The van der Waals surface area contributed by atoms with Gasteiger partial charge in [0.15, 0.2) is 22.9 Å². The summed E-state index contributed by atoms with van der Waals surface area (Å²) in [6.07, 6.45) is 0. The van der Waals surface area contributed by atoms with Crippen LogP contribution in [0.2, 0.25) is 0 Å². The maximum Gasteiger partial charge on any atom is 0.377 e. The summed E-state index contributed by atoms with van der Waals surface area (Å²) >= 11 is -8.81. The molecule has 2 aromatic carbocycles. The van der Waals surface area contributed by atoms with Gasteiger partial charge in [-0.2, -0.15) is 17.4 Å². The van der Waals surface area contributed by atoms with E-state index in [1.165, 1.54) is 12.1 Å². The van der Waals surface area contributed by atoms with Gasteiger partial charge in [-0.15, -0.1) is 0 Å². The minimum Gasteiger partial charge on any atom is -0.505 e. The Kier molecular flexibility index (Phi) is 5.80. The number of nitrogens with zero attached hydrogens (tertiary/aromatic N) is 2. The highest BCUT2D eigenvalue weighted by molar-refractivity contribution is 7.75. The molecule has 13 nitrogen and oxygen atoms in total. The summed E-state index contributed by atoms with van der Waals surface area (Å²) in [5, 5.41) is 10.5. The largest absolute Gasteiger partial charge is 0.505 e. The highest BCUT2D eigenvalue weighted by Gasteiger charge is 2.35. The molecule has 0 fully saturated rings. The molecular weight excluding hydrogens is 492 g/mol. The number of rotatable bonds is 7. The summed E-state index contributed by atoms with van der Waals surface area (Å²) in [4.78, 5) is 17.0. The van der Waals surface area contributed by atoms with E-state index in [1.54, 1.807) is 12.1 Å². The van der Waals surface area contributed by atoms with E-state index in [4.69, 9.17) is 13.0 Å². The molecule has 4 N–H and O–H groups in total. The second-order valence-corrected chi connectivity index (χ2v) is 7.76. The Labute approximate surface area is 185 Å².